The van der Waals surface area contributed by atoms with Crippen LogP contribution in [0.25, 0.3) is 0 Å². The maximum absolute atomic E-state index is 12.6. The molecule has 1 amide bonds. The van der Waals surface area contributed by atoms with Crippen LogP contribution in [0.5, 0.6) is 11.5 Å². The minimum atomic E-state index is -3.74. The minimum absolute atomic E-state index is 0.00995. The van der Waals surface area contributed by atoms with Crippen LogP contribution in [0, 0.1) is 6.92 Å². The second kappa shape index (κ2) is 9.07. The van der Waals surface area contributed by atoms with E-state index in [9.17, 15) is 13.2 Å². The lowest BCUT2D eigenvalue weighted by Crippen LogP contribution is -2.30. The van der Waals surface area contributed by atoms with Crippen molar-refractivity contribution in [3.05, 3.63) is 48.0 Å². The predicted molar refractivity (Wildman–Crippen MR) is 108 cm³/mol. The van der Waals surface area contributed by atoms with Gasteiger partial charge in [0.05, 0.1) is 6.61 Å². The lowest BCUT2D eigenvalue weighted by Gasteiger charge is -2.18. The Bertz CT molecular complexity index is 924. The highest BCUT2D eigenvalue weighted by molar-refractivity contribution is 7.89. The highest BCUT2D eigenvalue weighted by Gasteiger charge is 2.24. The normalized spacial score (nSPS) is 12.5. The van der Waals surface area contributed by atoms with E-state index >= 15 is 0 Å². The molecular formula is C20H26N2O5S. The quantitative estimate of drug-likeness (QED) is 0.728. The van der Waals surface area contributed by atoms with Crippen LogP contribution < -0.4 is 14.8 Å². The lowest BCUT2D eigenvalue weighted by atomic mass is 10.2. The second-order valence-electron chi connectivity index (χ2n) is 6.44. The SMILES string of the molecule is CCOc1ccc(NC(=O)[C@H](C)Oc2ccc(C)cc2)cc1S(=O)(=O)N(C)C. The number of hydrogen-bond acceptors (Lipinski definition) is 5. The fourth-order valence-corrected chi connectivity index (χ4v) is 3.43. The lowest BCUT2D eigenvalue weighted by molar-refractivity contribution is -0.122. The van der Waals surface area contributed by atoms with Crippen molar-refractivity contribution >= 4 is 21.6 Å². The molecule has 0 aliphatic rings. The molecule has 0 heterocycles. The number of rotatable bonds is 8. The van der Waals surface area contributed by atoms with Crippen molar-refractivity contribution in [1.82, 2.24) is 4.31 Å². The van der Waals surface area contributed by atoms with Crippen LogP contribution in [0.4, 0.5) is 5.69 Å². The molecule has 28 heavy (non-hydrogen) atoms. The van der Waals surface area contributed by atoms with E-state index in [2.05, 4.69) is 5.32 Å². The highest BCUT2D eigenvalue weighted by atomic mass is 32.2. The van der Waals surface area contributed by atoms with E-state index in [0.29, 0.717) is 18.0 Å². The first-order valence-corrected chi connectivity index (χ1v) is 10.3. The number of ether oxygens (including phenoxy) is 2. The third kappa shape index (κ3) is 5.24. The molecule has 0 saturated heterocycles. The van der Waals surface area contributed by atoms with Crippen molar-refractivity contribution in [1.29, 1.82) is 0 Å². The van der Waals surface area contributed by atoms with Gasteiger partial charge in [-0.05, 0) is 51.1 Å². The molecule has 2 aromatic carbocycles. The molecule has 0 saturated carbocycles. The van der Waals surface area contributed by atoms with Crippen molar-refractivity contribution in [2.45, 2.75) is 31.8 Å². The zero-order chi connectivity index (χ0) is 20.9. The van der Waals surface area contributed by atoms with Gasteiger partial charge in [0.25, 0.3) is 5.91 Å². The predicted octanol–water partition coefficient (Wildman–Crippen LogP) is 3.05. The Labute approximate surface area is 166 Å². The maximum atomic E-state index is 12.6. The molecule has 1 atom stereocenters. The van der Waals surface area contributed by atoms with Crippen molar-refractivity contribution in [3.8, 4) is 11.5 Å². The first kappa shape index (κ1) is 21.7. The minimum Gasteiger partial charge on any atom is -0.492 e. The number of anilines is 1. The molecule has 0 spiro atoms. The Hall–Kier alpha value is -2.58. The van der Waals surface area contributed by atoms with Crippen LogP contribution in [0.1, 0.15) is 19.4 Å². The molecule has 152 valence electrons. The summed E-state index contributed by atoms with van der Waals surface area (Å²) in [5, 5.41) is 2.69. The first-order chi connectivity index (χ1) is 13.1. The molecule has 0 aliphatic heterocycles. The summed E-state index contributed by atoms with van der Waals surface area (Å²) in [5.74, 6) is 0.423. The van der Waals surface area contributed by atoms with E-state index in [0.717, 1.165) is 9.87 Å². The van der Waals surface area contributed by atoms with Gasteiger partial charge in [-0.15, -0.1) is 0 Å². The van der Waals surface area contributed by atoms with Crippen LogP contribution >= 0.6 is 0 Å². The summed E-state index contributed by atoms with van der Waals surface area (Å²) < 4.78 is 37.3. The van der Waals surface area contributed by atoms with Crippen LogP contribution in [-0.2, 0) is 14.8 Å². The number of carbonyl (C=O) groups excluding carboxylic acids is 1. The Kier molecular flexibility index (Phi) is 7.04. The van der Waals surface area contributed by atoms with Gasteiger partial charge in [-0.1, -0.05) is 17.7 Å². The Morgan fingerprint density at radius 2 is 1.79 bits per heavy atom. The van der Waals surface area contributed by atoms with Crippen LogP contribution in [-0.4, -0.2) is 45.4 Å². The van der Waals surface area contributed by atoms with Crippen molar-refractivity contribution in [2.75, 3.05) is 26.0 Å². The largest absolute Gasteiger partial charge is 0.492 e. The number of nitrogens with one attached hydrogen (secondary N) is 1. The third-order valence-electron chi connectivity index (χ3n) is 3.97. The van der Waals surface area contributed by atoms with E-state index in [1.807, 2.05) is 19.1 Å². The summed E-state index contributed by atoms with van der Waals surface area (Å²) in [5.41, 5.74) is 1.43. The molecule has 7 nitrogen and oxygen atoms in total. The topological polar surface area (TPSA) is 84.9 Å². The van der Waals surface area contributed by atoms with Crippen molar-refractivity contribution in [3.63, 3.8) is 0 Å². The average Bonchev–Trinajstić information content (AvgIpc) is 2.64. The van der Waals surface area contributed by atoms with Gasteiger partial charge in [-0.2, -0.15) is 0 Å². The number of carbonyl (C=O) groups is 1. The zero-order valence-electron chi connectivity index (χ0n) is 16.7. The van der Waals surface area contributed by atoms with Crippen LogP contribution in [0.3, 0.4) is 0 Å². The molecule has 2 rings (SSSR count). The van der Waals surface area contributed by atoms with Gasteiger partial charge in [0.15, 0.2) is 6.10 Å². The first-order valence-electron chi connectivity index (χ1n) is 8.88. The number of amides is 1. The molecular weight excluding hydrogens is 380 g/mol. The van der Waals surface area contributed by atoms with E-state index in [-0.39, 0.29) is 10.6 Å². The molecule has 0 bridgehead atoms. The van der Waals surface area contributed by atoms with E-state index in [4.69, 9.17) is 9.47 Å². The van der Waals surface area contributed by atoms with Gasteiger partial charge in [0, 0.05) is 19.8 Å². The Balaban J connectivity index is 2.20. The van der Waals surface area contributed by atoms with E-state index in [1.54, 1.807) is 32.0 Å². The summed E-state index contributed by atoms with van der Waals surface area (Å²) in [4.78, 5) is 12.5. The fourth-order valence-electron chi connectivity index (χ4n) is 2.38. The third-order valence-corrected chi connectivity index (χ3v) is 5.81. The molecule has 1 N–H and O–H groups in total. The molecule has 0 radical (unpaired) electrons. The summed E-state index contributed by atoms with van der Waals surface area (Å²) in [6.45, 7) is 5.68. The van der Waals surface area contributed by atoms with E-state index in [1.165, 1.54) is 26.2 Å². The Morgan fingerprint density at radius 3 is 2.36 bits per heavy atom. The zero-order valence-corrected chi connectivity index (χ0v) is 17.5. The smallest absolute Gasteiger partial charge is 0.265 e. The van der Waals surface area contributed by atoms with Crippen molar-refractivity contribution < 1.29 is 22.7 Å². The fraction of sp³-hybridized carbons (Fsp3) is 0.350. The van der Waals surface area contributed by atoms with Gasteiger partial charge in [-0.25, -0.2) is 12.7 Å². The van der Waals surface area contributed by atoms with Crippen LogP contribution in [0.15, 0.2) is 47.4 Å². The number of hydrogen-bond donors (Lipinski definition) is 1. The van der Waals surface area contributed by atoms with Gasteiger partial charge in [0.2, 0.25) is 10.0 Å². The van der Waals surface area contributed by atoms with Gasteiger partial charge >= 0.3 is 0 Å². The molecule has 0 aliphatic carbocycles. The van der Waals surface area contributed by atoms with Crippen LogP contribution in [0.2, 0.25) is 0 Å². The number of benzene rings is 2. The second-order valence-corrected chi connectivity index (χ2v) is 8.56. The molecule has 2 aromatic rings. The summed E-state index contributed by atoms with van der Waals surface area (Å²) in [7, 11) is -0.859. The number of sulfonamides is 1. The van der Waals surface area contributed by atoms with Gasteiger partial charge in [0.1, 0.15) is 16.4 Å². The highest BCUT2D eigenvalue weighted by Crippen LogP contribution is 2.29. The average molecular weight is 407 g/mol. The summed E-state index contributed by atoms with van der Waals surface area (Å²) >= 11 is 0. The summed E-state index contributed by atoms with van der Waals surface area (Å²) in [6, 6.07) is 11.9. The molecule has 0 aromatic heterocycles. The Morgan fingerprint density at radius 1 is 1.14 bits per heavy atom. The van der Waals surface area contributed by atoms with E-state index < -0.39 is 22.0 Å². The standard InChI is InChI=1S/C20H26N2O5S/c1-6-26-18-12-9-16(13-19(18)28(24,25)22(4)5)21-20(23)15(3)27-17-10-7-14(2)8-11-17/h7-13,15H,6H2,1-5H3,(H,21,23)/t15-/m0/s1. The van der Waals surface area contributed by atoms with Gasteiger partial charge < -0.3 is 14.8 Å². The maximum Gasteiger partial charge on any atom is 0.265 e. The molecule has 0 fully saturated rings. The van der Waals surface area contributed by atoms with Crippen molar-refractivity contribution in [2.24, 2.45) is 0 Å². The molecule has 0 unspecified atom stereocenters. The number of nitrogens with zero attached hydrogens (tertiary/aromatic N) is 1. The van der Waals surface area contributed by atoms with Gasteiger partial charge in [-0.3, -0.25) is 4.79 Å². The molecule has 8 heteroatoms. The monoisotopic (exact) mass is 406 g/mol. The number of aryl methyl sites for hydroxylation is 1. The summed E-state index contributed by atoms with van der Waals surface area (Å²) in [6.07, 6.45) is -0.761.